The highest BCUT2D eigenvalue weighted by atomic mass is 79.9. The molecule has 1 unspecified atom stereocenters. The Morgan fingerprint density at radius 2 is 2.10 bits per heavy atom. The fourth-order valence-electron chi connectivity index (χ4n) is 2.97. The summed E-state index contributed by atoms with van der Waals surface area (Å²) in [7, 11) is 0. The van der Waals surface area contributed by atoms with Crippen LogP contribution in [0.5, 0.6) is 0 Å². The highest BCUT2D eigenvalue weighted by molar-refractivity contribution is 9.10. The molecule has 2 heterocycles. The van der Waals surface area contributed by atoms with E-state index in [0.717, 1.165) is 25.3 Å². The van der Waals surface area contributed by atoms with Crippen LogP contribution in [-0.4, -0.2) is 39.4 Å². The molecule has 1 aromatic rings. The predicted molar refractivity (Wildman–Crippen MR) is 91.5 cm³/mol. The Hall–Kier alpha value is -0.390. The quantitative estimate of drug-likeness (QED) is 0.878. The van der Waals surface area contributed by atoms with E-state index in [1.807, 2.05) is 0 Å². The molecule has 1 aromatic heterocycles. The van der Waals surface area contributed by atoms with E-state index in [2.05, 4.69) is 70.5 Å². The van der Waals surface area contributed by atoms with Crippen LogP contribution >= 0.6 is 15.9 Å². The van der Waals surface area contributed by atoms with Gasteiger partial charge in [0.25, 0.3) is 0 Å². The first-order valence-corrected chi connectivity index (χ1v) is 8.82. The van der Waals surface area contributed by atoms with Crippen LogP contribution in [0.2, 0.25) is 0 Å². The molecule has 0 spiro atoms. The number of aromatic nitrogens is 2. The molecule has 4 nitrogen and oxygen atoms in total. The van der Waals surface area contributed by atoms with Gasteiger partial charge in [-0.15, -0.1) is 0 Å². The van der Waals surface area contributed by atoms with Crippen LogP contribution in [0.3, 0.4) is 0 Å². The molecule has 0 saturated carbocycles. The number of rotatable bonds is 5. The molecule has 120 valence electrons. The maximum Gasteiger partial charge on any atom is 0.0739 e. The van der Waals surface area contributed by atoms with Crippen molar-refractivity contribution in [1.29, 1.82) is 0 Å². The average molecular weight is 357 g/mol. The molecule has 5 heteroatoms. The maximum absolute atomic E-state index is 4.61. The van der Waals surface area contributed by atoms with Gasteiger partial charge >= 0.3 is 0 Å². The second-order valence-electron chi connectivity index (χ2n) is 7.06. The molecule has 1 fully saturated rings. The molecule has 0 aromatic carbocycles. The van der Waals surface area contributed by atoms with Crippen molar-refractivity contribution in [2.45, 2.75) is 72.1 Å². The number of nitrogens with zero attached hydrogens (tertiary/aromatic N) is 3. The molecule has 1 saturated heterocycles. The van der Waals surface area contributed by atoms with Crippen LogP contribution < -0.4 is 5.32 Å². The molecular formula is C16H29BrN4. The molecule has 0 radical (unpaired) electrons. The SMILES string of the molecule is CCn1nc(C)c(Br)c1CN1CCCC1CNC(C)(C)C. The molecule has 1 aliphatic rings. The van der Waals surface area contributed by atoms with Gasteiger partial charge in [0.2, 0.25) is 0 Å². The van der Waals surface area contributed by atoms with Crippen LogP contribution in [0.4, 0.5) is 0 Å². The summed E-state index contributed by atoms with van der Waals surface area (Å²) < 4.78 is 3.31. The van der Waals surface area contributed by atoms with E-state index in [-0.39, 0.29) is 5.54 Å². The molecule has 2 rings (SSSR count). The van der Waals surface area contributed by atoms with Crippen LogP contribution in [-0.2, 0) is 13.1 Å². The molecule has 0 aliphatic carbocycles. The van der Waals surface area contributed by atoms with E-state index in [4.69, 9.17) is 0 Å². The number of nitrogens with one attached hydrogen (secondary N) is 1. The second kappa shape index (κ2) is 6.80. The highest BCUT2D eigenvalue weighted by Crippen LogP contribution is 2.26. The predicted octanol–water partition coefficient (Wildman–Crippen LogP) is 3.33. The van der Waals surface area contributed by atoms with Gasteiger partial charge in [0.05, 0.1) is 15.9 Å². The van der Waals surface area contributed by atoms with E-state index in [9.17, 15) is 0 Å². The lowest BCUT2D eigenvalue weighted by atomic mass is 10.1. The van der Waals surface area contributed by atoms with Crippen molar-refractivity contribution in [3.63, 3.8) is 0 Å². The molecule has 21 heavy (non-hydrogen) atoms. The highest BCUT2D eigenvalue weighted by Gasteiger charge is 2.27. The second-order valence-corrected chi connectivity index (χ2v) is 7.85. The normalized spacial score (nSPS) is 20.4. The zero-order valence-electron chi connectivity index (χ0n) is 14.0. The van der Waals surface area contributed by atoms with Crippen molar-refractivity contribution in [3.05, 3.63) is 15.9 Å². The number of aryl methyl sites for hydroxylation is 2. The van der Waals surface area contributed by atoms with Crippen molar-refractivity contribution in [2.75, 3.05) is 13.1 Å². The smallest absolute Gasteiger partial charge is 0.0739 e. The Labute approximate surface area is 137 Å². The summed E-state index contributed by atoms with van der Waals surface area (Å²) in [5.41, 5.74) is 2.60. The maximum atomic E-state index is 4.61. The third-order valence-corrected chi connectivity index (χ3v) is 5.20. The van der Waals surface area contributed by atoms with Crippen LogP contribution in [0.1, 0.15) is 51.9 Å². The van der Waals surface area contributed by atoms with Crippen LogP contribution in [0.15, 0.2) is 4.47 Å². The molecular weight excluding hydrogens is 328 g/mol. The monoisotopic (exact) mass is 356 g/mol. The minimum atomic E-state index is 0.191. The molecule has 1 aliphatic heterocycles. The zero-order chi connectivity index (χ0) is 15.6. The fourth-order valence-corrected chi connectivity index (χ4v) is 3.38. The summed E-state index contributed by atoms with van der Waals surface area (Å²) in [5.74, 6) is 0. The minimum absolute atomic E-state index is 0.191. The van der Waals surface area contributed by atoms with Gasteiger partial charge in [-0.1, -0.05) is 0 Å². The summed E-state index contributed by atoms with van der Waals surface area (Å²) in [6, 6.07) is 0.636. The number of hydrogen-bond donors (Lipinski definition) is 1. The third-order valence-electron chi connectivity index (χ3n) is 4.17. The summed E-state index contributed by atoms with van der Waals surface area (Å²) in [4.78, 5) is 2.60. The van der Waals surface area contributed by atoms with Gasteiger partial charge in [0, 0.05) is 31.2 Å². The lowest BCUT2D eigenvalue weighted by molar-refractivity contribution is 0.219. The Balaban J connectivity index is 2.04. The van der Waals surface area contributed by atoms with E-state index in [1.165, 1.54) is 29.6 Å². The third kappa shape index (κ3) is 4.30. The van der Waals surface area contributed by atoms with E-state index < -0.39 is 0 Å². The summed E-state index contributed by atoms with van der Waals surface area (Å²) in [6.07, 6.45) is 2.59. The van der Waals surface area contributed by atoms with Gasteiger partial charge in [-0.2, -0.15) is 5.10 Å². The van der Waals surface area contributed by atoms with Crippen molar-refractivity contribution in [2.24, 2.45) is 0 Å². The molecule has 0 amide bonds. The molecule has 0 bridgehead atoms. The summed E-state index contributed by atoms with van der Waals surface area (Å²) in [5, 5.41) is 8.26. The fraction of sp³-hybridized carbons (Fsp3) is 0.812. The van der Waals surface area contributed by atoms with Crippen molar-refractivity contribution in [1.82, 2.24) is 20.0 Å². The Morgan fingerprint density at radius 3 is 2.71 bits per heavy atom. The largest absolute Gasteiger partial charge is 0.311 e. The van der Waals surface area contributed by atoms with E-state index >= 15 is 0 Å². The Morgan fingerprint density at radius 1 is 1.38 bits per heavy atom. The summed E-state index contributed by atoms with van der Waals surface area (Å²) in [6.45, 7) is 15.1. The topological polar surface area (TPSA) is 33.1 Å². The van der Waals surface area contributed by atoms with Gasteiger partial charge < -0.3 is 5.32 Å². The minimum Gasteiger partial charge on any atom is -0.311 e. The van der Waals surface area contributed by atoms with Gasteiger partial charge in [0.15, 0.2) is 0 Å². The van der Waals surface area contributed by atoms with Gasteiger partial charge in [-0.05, 0) is 69.9 Å². The Bertz CT molecular complexity index is 475. The first kappa shape index (κ1) is 17.0. The molecule has 1 atom stereocenters. The lowest BCUT2D eigenvalue weighted by Gasteiger charge is -2.29. The first-order chi connectivity index (χ1) is 9.81. The number of hydrogen-bond acceptors (Lipinski definition) is 3. The van der Waals surface area contributed by atoms with E-state index in [1.54, 1.807) is 0 Å². The first-order valence-electron chi connectivity index (χ1n) is 8.02. The zero-order valence-corrected chi connectivity index (χ0v) is 15.6. The Kier molecular flexibility index (Phi) is 5.49. The lowest BCUT2D eigenvalue weighted by Crippen LogP contribution is -2.45. The van der Waals surface area contributed by atoms with E-state index in [0.29, 0.717) is 6.04 Å². The summed E-state index contributed by atoms with van der Waals surface area (Å²) >= 11 is 3.71. The number of likely N-dealkylation sites (tertiary alicyclic amines) is 1. The van der Waals surface area contributed by atoms with Crippen LogP contribution in [0.25, 0.3) is 0 Å². The van der Waals surface area contributed by atoms with Gasteiger partial charge in [0.1, 0.15) is 0 Å². The van der Waals surface area contributed by atoms with Crippen molar-refractivity contribution in [3.8, 4) is 0 Å². The standard InChI is InChI=1S/C16H29BrN4/c1-6-21-14(15(17)12(2)19-21)11-20-9-7-8-13(20)10-18-16(3,4)5/h13,18H,6-11H2,1-5H3. The average Bonchev–Trinajstić information content (AvgIpc) is 2.95. The van der Waals surface area contributed by atoms with Crippen LogP contribution in [0, 0.1) is 6.92 Å². The molecule has 1 N–H and O–H groups in total. The van der Waals surface area contributed by atoms with Gasteiger partial charge in [-0.25, -0.2) is 0 Å². The van der Waals surface area contributed by atoms with Crippen molar-refractivity contribution < 1.29 is 0 Å². The van der Waals surface area contributed by atoms with Crippen molar-refractivity contribution >= 4 is 15.9 Å². The van der Waals surface area contributed by atoms with Gasteiger partial charge in [-0.3, -0.25) is 9.58 Å². The number of halogens is 1.